The summed E-state index contributed by atoms with van der Waals surface area (Å²) in [5, 5.41) is 0. The Labute approximate surface area is 95.6 Å². The van der Waals surface area contributed by atoms with Crippen LogP contribution in [0.3, 0.4) is 0 Å². The van der Waals surface area contributed by atoms with Crippen molar-refractivity contribution in [3.8, 4) is 5.75 Å². The van der Waals surface area contributed by atoms with Crippen molar-refractivity contribution < 1.29 is 9.53 Å². The van der Waals surface area contributed by atoms with Gasteiger partial charge in [0, 0.05) is 5.69 Å². The van der Waals surface area contributed by atoms with E-state index < -0.39 is 5.91 Å². The molecule has 88 valence electrons. The number of benzene rings is 1. The summed E-state index contributed by atoms with van der Waals surface area (Å²) < 4.78 is 5.70. The maximum Gasteiger partial charge on any atom is 0.252 e. The first kappa shape index (κ1) is 12.4. The van der Waals surface area contributed by atoms with E-state index in [1.54, 1.807) is 18.2 Å². The molecule has 0 aromatic heterocycles. The largest absolute Gasteiger partial charge is 0.490 e. The van der Waals surface area contributed by atoms with Gasteiger partial charge in [-0.2, -0.15) is 0 Å². The molecule has 1 rings (SSSR count). The average molecular weight is 222 g/mol. The summed E-state index contributed by atoms with van der Waals surface area (Å²) in [6.07, 6.45) is 1.87. The van der Waals surface area contributed by atoms with Crippen molar-refractivity contribution in [1.29, 1.82) is 0 Å². The summed E-state index contributed by atoms with van der Waals surface area (Å²) in [6, 6.07) is 4.93. The Hall–Kier alpha value is -1.71. The van der Waals surface area contributed by atoms with E-state index in [1.807, 2.05) is 13.8 Å². The molecule has 0 saturated heterocycles. The number of amides is 1. The van der Waals surface area contributed by atoms with Crippen LogP contribution < -0.4 is 16.2 Å². The molecule has 1 aromatic rings. The smallest absolute Gasteiger partial charge is 0.252 e. The highest BCUT2D eigenvalue weighted by molar-refractivity contribution is 5.96. The number of primary amides is 1. The Kier molecular flexibility index (Phi) is 4.17. The number of rotatable bonds is 5. The van der Waals surface area contributed by atoms with Crippen LogP contribution in [0.25, 0.3) is 0 Å². The maximum absolute atomic E-state index is 11.2. The Morgan fingerprint density at radius 2 is 2.00 bits per heavy atom. The predicted molar refractivity (Wildman–Crippen MR) is 64.4 cm³/mol. The van der Waals surface area contributed by atoms with Crippen molar-refractivity contribution in [3.05, 3.63) is 23.8 Å². The molecular formula is C12H18N2O2. The van der Waals surface area contributed by atoms with E-state index >= 15 is 0 Å². The summed E-state index contributed by atoms with van der Waals surface area (Å²) >= 11 is 0. The third-order valence-electron chi connectivity index (χ3n) is 2.47. The standard InChI is InChI=1S/C12H18N2O2/c1-3-9(4-2)16-11-6-5-8(13)7-10(11)12(14)15/h5-7,9H,3-4,13H2,1-2H3,(H2,14,15). The zero-order chi connectivity index (χ0) is 12.1. The van der Waals surface area contributed by atoms with Crippen LogP contribution >= 0.6 is 0 Å². The highest BCUT2D eigenvalue weighted by Gasteiger charge is 2.13. The van der Waals surface area contributed by atoms with E-state index in [9.17, 15) is 4.79 Å². The van der Waals surface area contributed by atoms with Crippen molar-refractivity contribution in [3.63, 3.8) is 0 Å². The van der Waals surface area contributed by atoms with Crippen molar-refractivity contribution >= 4 is 11.6 Å². The Morgan fingerprint density at radius 1 is 1.38 bits per heavy atom. The minimum Gasteiger partial charge on any atom is -0.490 e. The first-order valence-corrected chi connectivity index (χ1v) is 5.44. The van der Waals surface area contributed by atoms with Gasteiger partial charge in [0.15, 0.2) is 0 Å². The molecule has 0 spiro atoms. The van der Waals surface area contributed by atoms with Gasteiger partial charge in [-0.05, 0) is 31.0 Å². The van der Waals surface area contributed by atoms with Gasteiger partial charge in [0.25, 0.3) is 5.91 Å². The molecule has 1 amide bonds. The fraction of sp³-hybridized carbons (Fsp3) is 0.417. The third-order valence-corrected chi connectivity index (χ3v) is 2.47. The Morgan fingerprint density at radius 3 is 2.50 bits per heavy atom. The number of anilines is 1. The summed E-state index contributed by atoms with van der Waals surface area (Å²) in [5.41, 5.74) is 11.7. The van der Waals surface area contributed by atoms with Gasteiger partial charge in [-0.15, -0.1) is 0 Å². The number of ether oxygens (including phenoxy) is 1. The van der Waals surface area contributed by atoms with E-state index in [4.69, 9.17) is 16.2 Å². The lowest BCUT2D eigenvalue weighted by Gasteiger charge is -2.17. The summed E-state index contributed by atoms with van der Waals surface area (Å²) in [4.78, 5) is 11.2. The molecule has 4 N–H and O–H groups in total. The normalized spacial score (nSPS) is 10.4. The SMILES string of the molecule is CCC(CC)Oc1ccc(N)cc1C(N)=O. The Bertz CT molecular complexity index is 373. The summed E-state index contributed by atoms with van der Waals surface area (Å²) in [6.45, 7) is 4.07. The van der Waals surface area contributed by atoms with Crippen LogP contribution in [0.4, 0.5) is 5.69 Å². The van der Waals surface area contributed by atoms with Crippen molar-refractivity contribution in [2.24, 2.45) is 5.73 Å². The molecule has 0 aliphatic rings. The van der Waals surface area contributed by atoms with E-state index in [0.29, 0.717) is 17.0 Å². The number of nitrogen functional groups attached to an aromatic ring is 1. The highest BCUT2D eigenvalue weighted by atomic mass is 16.5. The zero-order valence-corrected chi connectivity index (χ0v) is 9.69. The lowest BCUT2D eigenvalue weighted by atomic mass is 10.1. The molecule has 0 aliphatic carbocycles. The number of hydrogen-bond acceptors (Lipinski definition) is 3. The minimum absolute atomic E-state index is 0.0988. The molecule has 1 aromatic carbocycles. The molecule has 4 heteroatoms. The fourth-order valence-electron chi connectivity index (χ4n) is 1.48. The molecule has 4 nitrogen and oxygen atoms in total. The van der Waals surface area contributed by atoms with Crippen molar-refractivity contribution in [2.45, 2.75) is 32.8 Å². The van der Waals surface area contributed by atoms with Crippen LogP contribution in [0.1, 0.15) is 37.0 Å². The number of carbonyl (C=O) groups excluding carboxylic acids is 1. The topological polar surface area (TPSA) is 78.3 Å². The van der Waals surface area contributed by atoms with Crippen LogP contribution in [-0.2, 0) is 0 Å². The molecule has 0 radical (unpaired) electrons. The summed E-state index contributed by atoms with van der Waals surface area (Å²) in [5.74, 6) is -0.0105. The van der Waals surface area contributed by atoms with Crippen molar-refractivity contribution in [1.82, 2.24) is 0 Å². The van der Waals surface area contributed by atoms with Gasteiger partial charge in [0.1, 0.15) is 5.75 Å². The summed E-state index contributed by atoms with van der Waals surface area (Å²) in [7, 11) is 0. The van der Waals surface area contributed by atoms with E-state index in [1.165, 1.54) is 0 Å². The molecule has 0 heterocycles. The first-order chi connectivity index (χ1) is 7.58. The van der Waals surface area contributed by atoms with Crippen LogP contribution in [0.15, 0.2) is 18.2 Å². The number of hydrogen-bond donors (Lipinski definition) is 2. The van der Waals surface area contributed by atoms with E-state index in [2.05, 4.69) is 0 Å². The van der Waals surface area contributed by atoms with Gasteiger partial charge >= 0.3 is 0 Å². The minimum atomic E-state index is -0.520. The van der Waals surface area contributed by atoms with Crippen LogP contribution in [-0.4, -0.2) is 12.0 Å². The number of carbonyl (C=O) groups is 1. The molecule has 0 atom stereocenters. The Balaban J connectivity index is 2.98. The lowest BCUT2D eigenvalue weighted by molar-refractivity contribution is 0.0992. The van der Waals surface area contributed by atoms with E-state index in [-0.39, 0.29) is 6.10 Å². The maximum atomic E-state index is 11.2. The molecule has 0 unspecified atom stereocenters. The molecule has 16 heavy (non-hydrogen) atoms. The first-order valence-electron chi connectivity index (χ1n) is 5.44. The predicted octanol–water partition coefficient (Wildman–Crippen LogP) is 1.94. The van der Waals surface area contributed by atoms with Crippen LogP contribution in [0.5, 0.6) is 5.75 Å². The van der Waals surface area contributed by atoms with Gasteiger partial charge in [-0.25, -0.2) is 0 Å². The second-order valence-corrected chi connectivity index (χ2v) is 3.68. The molecule has 0 aliphatic heterocycles. The monoisotopic (exact) mass is 222 g/mol. The zero-order valence-electron chi connectivity index (χ0n) is 9.69. The molecule has 0 bridgehead atoms. The molecule has 0 saturated carbocycles. The van der Waals surface area contributed by atoms with Gasteiger partial charge in [0.05, 0.1) is 11.7 Å². The fourth-order valence-corrected chi connectivity index (χ4v) is 1.48. The quantitative estimate of drug-likeness (QED) is 0.747. The second kappa shape index (κ2) is 5.39. The highest BCUT2D eigenvalue weighted by Crippen LogP contribution is 2.23. The van der Waals surface area contributed by atoms with E-state index in [0.717, 1.165) is 12.8 Å². The van der Waals surface area contributed by atoms with Gasteiger partial charge in [-0.1, -0.05) is 13.8 Å². The molecule has 0 fully saturated rings. The van der Waals surface area contributed by atoms with Gasteiger partial charge < -0.3 is 16.2 Å². The molecular weight excluding hydrogens is 204 g/mol. The second-order valence-electron chi connectivity index (χ2n) is 3.68. The number of nitrogens with two attached hydrogens (primary N) is 2. The lowest BCUT2D eigenvalue weighted by Crippen LogP contribution is -2.18. The average Bonchev–Trinajstić information content (AvgIpc) is 2.27. The van der Waals surface area contributed by atoms with Crippen molar-refractivity contribution in [2.75, 3.05) is 5.73 Å². The van der Waals surface area contributed by atoms with Gasteiger partial charge in [0.2, 0.25) is 0 Å². The van der Waals surface area contributed by atoms with Gasteiger partial charge in [-0.3, -0.25) is 4.79 Å². The third kappa shape index (κ3) is 2.89. The van der Waals surface area contributed by atoms with Crippen LogP contribution in [0.2, 0.25) is 0 Å². The van der Waals surface area contributed by atoms with Crippen LogP contribution in [0, 0.1) is 0 Å².